The van der Waals surface area contributed by atoms with Crippen molar-refractivity contribution in [1.29, 1.82) is 0 Å². The Bertz CT molecular complexity index is 1220. The highest BCUT2D eigenvalue weighted by molar-refractivity contribution is 6.00. The molecule has 2 heterocycles. The van der Waals surface area contributed by atoms with E-state index in [4.69, 9.17) is 5.73 Å². The Kier molecular flexibility index (Phi) is 5.57. The van der Waals surface area contributed by atoms with Gasteiger partial charge in [-0.2, -0.15) is 5.10 Å². The number of hydrogen-bond donors (Lipinski definition) is 3. The Labute approximate surface area is 178 Å². The van der Waals surface area contributed by atoms with Crippen molar-refractivity contribution >= 4 is 23.4 Å². The van der Waals surface area contributed by atoms with Gasteiger partial charge in [0.05, 0.1) is 5.69 Å². The standard InChI is InChI=1S/C22H20FN7O/c1-2-30-13-18(20(29-30)19-10-11-25-21(24)28-19)14-4-3-5-17(12-14)27-22(31)26-16-8-6-15(23)7-9-16/h3-13H,2H2,1H3,(H2,24,25,28)(H2,26,27,31). The van der Waals surface area contributed by atoms with Gasteiger partial charge in [0.2, 0.25) is 5.95 Å². The largest absolute Gasteiger partial charge is 0.368 e. The van der Waals surface area contributed by atoms with E-state index in [0.29, 0.717) is 29.3 Å². The number of nitrogens with two attached hydrogens (primary N) is 1. The molecular weight excluding hydrogens is 397 g/mol. The molecule has 0 radical (unpaired) electrons. The Hall–Kier alpha value is -4.27. The van der Waals surface area contributed by atoms with Gasteiger partial charge in [0, 0.05) is 35.9 Å². The van der Waals surface area contributed by atoms with E-state index < -0.39 is 6.03 Å². The fourth-order valence-corrected chi connectivity index (χ4v) is 3.08. The van der Waals surface area contributed by atoms with Crippen molar-refractivity contribution in [2.45, 2.75) is 13.5 Å². The molecule has 4 N–H and O–H groups in total. The normalized spacial score (nSPS) is 10.6. The zero-order chi connectivity index (χ0) is 21.8. The van der Waals surface area contributed by atoms with Gasteiger partial charge in [0.15, 0.2) is 0 Å². The maximum atomic E-state index is 13.0. The van der Waals surface area contributed by atoms with Gasteiger partial charge >= 0.3 is 6.03 Å². The van der Waals surface area contributed by atoms with Crippen molar-refractivity contribution in [2.24, 2.45) is 0 Å². The molecule has 0 saturated heterocycles. The Morgan fingerprint density at radius 3 is 2.61 bits per heavy atom. The Morgan fingerprint density at radius 1 is 1.10 bits per heavy atom. The second kappa shape index (κ2) is 8.62. The number of halogens is 1. The van der Waals surface area contributed by atoms with Gasteiger partial charge in [-0.15, -0.1) is 0 Å². The minimum Gasteiger partial charge on any atom is -0.368 e. The van der Waals surface area contributed by atoms with Crippen LogP contribution >= 0.6 is 0 Å². The first-order chi connectivity index (χ1) is 15.0. The number of anilines is 3. The van der Waals surface area contributed by atoms with Crippen LogP contribution in [0.4, 0.5) is 26.5 Å². The van der Waals surface area contributed by atoms with E-state index in [1.807, 2.05) is 36.0 Å². The highest BCUT2D eigenvalue weighted by atomic mass is 19.1. The number of nitrogens with zero attached hydrogens (tertiary/aromatic N) is 4. The molecule has 8 nitrogen and oxygen atoms in total. The van der Waals surface area contributed by atoms with E-state index in [2.05, 4.69) is 25.7 Å². The zero-order valence-electron chi connectivity index (χ0n) is 16.7. The number of aromatic nitrogens is 4. The average molecular weight is 417 g/mol. The van der Waals surface area contributed by atoms with Gasteiger partial charge in [-0.3, -0.25) is 4.68 Å². The number of amides is 2. The number of nitrogens with one attached hydrogen (secondary N) is 2. The molecule has 4 aromatic rings. The number of nitrogen functional groups attached to an aromatic ring is 1. The smallest absolute Gasteiger partial charge is 0.323 e. The minimum atomic E-state index is -0.434. The molecule has 0 unspecified atom stereocenters. The first-order valence-corrected chi connectivity index (χ1v) is 9.62. The molecule has 0 atom stereocenters. The van der Waals surface area contributed by atoms with Gasteiger partial charge in [0.1, 0.15) is 11.5 Å². The number of aryl methyl sites for hydroxylation is 1. The number of urea groups is 1. The van der Waals surface area contributed by atoms with Crippen LogP contribution in [0.15, 0.2) is 67.0 Å². The predicted molar refractivity (Wildman–Crippen MR) is 118 cm³/mol. The number of hydrogen-bond acceptors (Lipinski definition) is 5. The fourth-order valence-electron chi connectivity index (χ4n) is 3.08. The molecule has 0 bridgehead atoms. The molecule has 156 valence electrons. The predicted octanol–water partition coefficient (Wildman–Crippen LogP) is 4.39. The molecule has 0 aliphatic rings. The summed E-state index contributed by atoms with van der Waals surface area (Å²) in [7, 11) is 0. The van der Waals surface area contributed by atoms with Crippen LogP contribution in [-0.2, 0) is 6.54 Å². The third-order valence-corrected chi connectivity index (χ3v) is 4.54. The topological polar surface area (TPSA) is 111 Å². The molecule has 2 amide bonds. The number of rotatable bonds is 5. The lowest BCUT2D eigenvalue weighted by Gasteiger charge is -2.09. The van der Waals surface area contributed by atoms with E-state index in [1.54, 1.807) is 18.3 Å². The molecular formula is C22H20FN7O. The van der Waals surface area contributed by atoms with Crippen LogP contribution in [0, 0.1) is 5.82 Å². The Morgan fingerprint density at radius 2 is 1.87 bits per heavy atom. The zero-order valence-corrected chi connectivity index (χ0v) is 16.7. The quantitative estimate of drug-likeness (QED) is 0.446. The van der Waals surface area contributed by atoms with Crippen LogP contribution in [0.5, 0.6) is 0 Å². The van der Waals surface area contributed by atoms with Crippen LogP contribution in [0.3, 0.4) is 0 Å². The SMILES string of the molecule is CCn1cc(-c2cccc(NC(=O)Nc3ccc(F)cc3)c2)c(-c2ccnc(N)n2)n1. The minimum absolute atomic E-state index is 0.169. The van der Waals surface area contributed by atoms with Crippen molar-refractivity contribution < 1.29 is 9.18 Å². The lowest BCUT2D eigenvalue weighted by atomic mass is 10.0. The van der Waals surface area contributed by atoms with Gasteiger partial charge in [-0.25, -0.2) is 19.2 Å². The summed E-state index contributed by atoms with van der Waals surface area (Å²) in [5.41, 5.74) is 9.81. The van der Waals surface area contributed by atoms with Crippen molar-refractivity contribution in [3.8, 4) is 22.5 Å². The first-order valence-electron chi connectivity index (χ1n) is 9.62. The van der Waals surface area contributed by atoms with Crippen LogP contribution in [0.1, 0.15) is 6.92 Å². The first kappa shape index (κ1) is 20.0. The fraction of sp³-hybridized carbons (Fsp3) is 0.0909. The van der Waals surface area contributed by atoms with E-state index in [9.17, 15) is 9.18 Å². The monoisotopic (exact) mass is 417 g/mol. The summed E-state index contributed by atoms with van der Waals surface area (Å²) in [6.45, 7) is 2.68. The van der Waals surface area contributed by atoms with Gasteiger partial charge < -0.3 is 16.4 Å². The van der Waals surface area contributed by atoms with Gasteiger partial charge in [-0.05, 0) is 55.0 Å². The summed E-state index contributed by atoms with van der Waals surface area (Å²) >= 11 is 0. The lowest BCUT2D eigenvalue weighted by molar-refractivity contribution is 0.262. The van der Waals surface area contributed by atoms with Crippen molar-refractivity contribution in [3.63, 3.8) is 0 Å². The second-order valence-corrected chi connectivity index (χ2v) is 6.71. The van der Waals surface area contributed by atoms with E-state index >= 15 is 0 Å². The lowest BCUT2D eigenvalue weighted by Crippen LogP contribution is -2.19. The van der Waals surface area contributed by atoms with Crippen molar-refractivity contribution in [1.82, 2.24) is 19.7 Å². The van der Waals surface area contributed by atoms with Crippen LogP contribution in [-0.4, -0.2) is 25.8 Å². The van der Waals surface area contributed by atoms with Crippen LogP contribution < -0.4 is 16.4 Å². The molecule has 0 aliphatic heterocycles. The molecule has 0 saturated carbocycles. The molecule has 2 aromatic carbocycles. The summed E-state index contributed by atoms with van der Waals surface area (Å²) < 4.78 is 14.8. The summed E-state index contributed by atoms with van der Waals surface area (Å²) in [6.07, 6.45) is 3.51. The van der Waals surface area contributed by atoms with E-state index in [1.165, 1.54) is 24.3 Å². The van der Waals surface area contributed by atoms with E-state index in [-0.39, 0.29) is 11.8 Å². The number of carbonyl (C=O) groups excluding carboxylic acids is 1. The molecule has 2 aromatic heterocycles. The van der Waals surface area contributed by atoms with Crippen molar-refractivity contribution in [2.75, 3.05) is 16.4 Å². The maximum absolute atomic E-state index is 13.0. The summed E-state index contributed by atoms with van der Waals surface area (Å²) in [5.74, 6) is -0.199. The third kappa shape index (κ3) is 4.67. The van der Waals surface area contributed by atoms with Crippen LogP contribution in [0.2, 0.25) is 0 Å². The van der Waals surface area contributed by atoms with Gasteiger partial charge in [0.25, 0.3) is 0 Å². The molecule has 0 fully saturated rings. The molecule has 9 heteroatoms. The number of carbonyl (C=O) groups is 1. The maximum Gasteiger partial charge on any atom is 0.323 e. The van der Waals surface area contributed by atoms with Crippen LogP contribution in [0.25, 0.3) is 22.5 Å². The summed E-state index contributed by atoms with van der Waals surface area (Å²) in [6, 6.07) is 14.2. The van der Waals surface area contributed by atoms with E-state index in [0.717, 1.165) is 11.1 Å². The summed E-state index contributed by atoms with van der Waals surface area (Å²) in [5, 5.41) is 10.1. The average Bonchev–Trinajstić information content (AvgIpc) is 3.20. The Balaban J connectivity index is 1.60. The summed E-state index contributed by atoms with van der Waals surface area (Å²) in [4.78, 5) is 20.6. The molecule has 31 heavy (non-hydrogen) atoms. The van der Waals surface area contributed by atoms with Gasteiger partial charge in [-0.1, -0.05) is 12.1 Å². The third-order valence-electron chi connectivity index (χ3n) is 4.54. The highest BCUT2D eigenvalue weighted by Crippen LogP contribution is 2.31. The van der Waals surface area contributed by atoms with Crippen molar-refractivity contribution in [3.05, 3.63) is 72.8 Å². The second-order valence-electron chi connectivity index (χ2n) is 6.71. The molecule has 0 aliphatic carbocycles. The molecule has 4 rings (SSSR count). The number of benzene rings is 2. The highest BCUT2D eigenvalue weighted by Gasteiger charge is 2.15. The molecule has 0 spiro atoms.